The number of hydrogen-bond donors (Lipinski definition) is 3. The molecule has 0 amide bonds. The van der Waals surface area contributed by atoms with E-state index in [1.54, 1.807) is 0 Å². The number of hydrogen-bond acceptors (Lipinski definition) is 9. The number of epoxide rings is 1. The molecule has 4 atom stereocenters. The number of carbonyl (C=O) groups excluding carboxylic acids is 4. The van der Waals surface area contributed by atoms with Gasteiger partial charge in [-0.25, -0.2) is 0 Å². The van der Waals surface area contributed by atoms with Gasteiger partial charge in [-0.3, -0.25) is 19.2 Å². The van der Waals surface area contributed by atoms with Gasteiger partial charge in [-0.05, 0) is 27.7 Å². The fourth-order valence-corrected chi connectivity index (χ4v) is 4.50. The van der Waals surface area contributed by atoms with Gasteiger partial charge in [0.05, 0.1) is 0 Å². The molecule has 3 N–H and O–H groups in total. The standard InChI is InChI=1S/C18H16O9/c1-6-12(22)16(8(3)20)18(27-16)17(25,13(6)23)15(4)10(26-18)5-9(21)11(7(2)19)14(15)24/h5,21,23,25H,1-4H3/t15-,16+,17+,18+/m0/s1. The Morgan fingerprint density at radius 2 is 1.70 bits per heavy atom. The lowest BCUT2D eigenvalue weighted by atomic mass is 9.59. The summed E-state index contributed by atoms with van der Waals surface area (Å²) in [5.41, 5.74) is -7.95. The minimum atomic E-state index is -2.66. The molecule has 0 unspecified atom stereocenters. The molecule has 1 spiro atoms. The molecule has 0 aromatic carbocycles. The largest absolute Gasteiger partial charge is 0.508 e. The van der Waals surface area contributed by atoms with E-state index in [1.165, 1.54) is 13.8 Å². The molecule has 0 radical (unpaired) electrons. The molecule has 27 heavy (non-hydrogen) atoms. The van der Waals surface area contributed by atoms with Gasteiger partial charge in [-0.2, -0.15) is 0 Å². The number of allylic oxidation sites excluding steroid dienone is 2. The van der Waals surface area contributed by atoms with Gasteiger partial charge in [-0.1, -0.05) is 0 Å². The van der Waals surface area contributed by atoms with E-state index in [1.807, 2.05) is 0 Å². The summed E-state index contributed by atoms with van der Waals surface area (Å²) in [7, 11) is 0. The van der Waals surface area contributed by atoms with Crippen molar-refractivity contribution in [1.82, 2.24) is 0 Å². The predicted molar refractivity (Wildman–Crippen MR) is 85.1 cm³/mol. The van der Waals surface area contributed by atoms with Crippen LogP contribution in [0, 0.1) is 5.41 Å². The van der Waals surface area contributed by atoms with E-state index in [4.69, 9.17) is 9.47 Å². The van der Waals surface area contributed by atoms with Crippen LogP contribution in [-0.4, -0.2) is 55.4 Å². The Bertz CT molecular complexity index is 998. The number of carbonyl (C=O) groups is 4. The Morgan fingerprint density at radius 3 is 2.22 bits per heavy atom. The molecule has 2 fully saturated rings. The zero-order chi connectivity index (χ0) is 20.3. The second kappa shape index (κ2) is 4.37. The Kier molecular flexibility index (Phi) is 2.85. The molecule has 9 nitrogen and oxygen atoms in total. The average molecular weight is 376 g/mol. The van der Waals surface area contributed by atoms with Gasteiger partial charge in [0, 0.05) is 11.6 Å². The first kappa shape index (κ1) is 17.6. The fraction of sp³-hybridized carbons (Fsp3) is 0.444. The summed E-state index contributed by atoms with van der Waals surface area (Å²) >= 11 is 0. The number of Topliss-reactive ketones (excluding diaryl/α,β-unsaturated/α-hetero) is 4. The quantitative estimate of drug-likeness (QED) is 0.346. The van der Waals surface area contributed by atoms with E-state index >= 15 is 0 Å². The Labute approximate surface area is 152 Å². The number of rotatable bonds is 2. The van der Waals surface area contributed by atoms with E-state index in [2.05, 4.69) is 0 Å². The van der Waals surface area contributed by atoms with Crippen molar-refractivity contribution < 1.29 is 44.0 Å². The van der Waals surface area contributed by atoms with E-state index in [-0.39, 0.29) is 11.3 Å². The summed E-state index contributed by atoms with van der Waals surface area (Å²) in [6.07, 6.45) is 0.947. The van der Waals surface area contributed by atoms with Gasteiger partial charge in [-0.15, -0.1) is 0 Å². The number of fused-ring (bicyclic) bond motifs is 2. The third-order valence-corrected chi connectivity index (χ3v) is 6.08. The van der Waals surface area contributed by atoms with Crippen LogP contribution in [0.3, 0.4) is 0 Å². The van der Waals surface area contributed by atoms with Crippen LogP contribution in [0.25, 0.3) is 0 Å². The van der Waals surface area contributed by atoms with Crippen molar-refractivity contribution in [3.63, 3.8) is 0 Å². The number of ether oxygens (including phenoxy) is 2. The second-order valence-corrected chi connectivity index (χ2v) is 7.35. The monoisotopic (exact) mass is 376 g/mol. The Morgan fingerprint density at radius 1 is 1.11 bits per heavy atom. The summed E-state index contributed by atoms with van der Waals surface area (Å²) in [5, 5.41) is 32.3. The zero-order valence-electron chi connectivity index (χ0n) is 14.9. The molecular weight excluding hydrogens is 360 g/mol. The van der Waals surface area contributed by atoms with Crippen LogP contribution < -0.4 is 0 Å². The predicted octanol–water partition coefficient (Wildman–Crippen LogP) is 0.0907. The van der Waals surface area contributed by atoms with Gasteiger partial charge < -0.3 is 24.8 Å². The number of aliphatic hydroxyl groups excluding tert-OH is 2. The Balaban J connectivity index is 2.07. The summed E-state index contributed by atoms with van der Waals surface area (Å²) in [6, 6.07) is 0. The molecule has 2 saturated heterocycles. The molecule has 9 heteroatoms. The normalized spacial score (nSPS) is 42.2. The van der Waals surface area contributed by atoms with Crippen LogP contribution in [0.2, 0.25) is 0 Å². The minimum Gasteiger partial charge on any atom is -0.508 e. The van der Waals surface area contributed by atoms with Crippen LogP contribution in [0.4, 0.5) is 0 Å². The van der Waals surface area contributed by atoms with Gasteiger partial charge >= 0.3 is 0 Å². The van der Waals surface area contributed by atoms with Gasteiger partial charge in [0.25, 0.3) is 11.4 Å². The highest BCUT2D eigenvalue weighted by molar-refractivity contribution is 6.26. The highest BCUT2D eigenvalue weighted by Crippen LogP contribution is 2.74. The lowest BCUT2D eigenvalue weighted by Gasteiger charge is -2.40. The molecule has 2 aliphatic heterocycles. The first-order valence-corrected chi connectivity index (χ1v) is 8.13. The summed E-state index contributed by atoms with van der Waals surface area (Å²) in [6.45, 7) is 4.49. The molecule has 0 saturated carbocycles. The minimum absolute atomic E-state index is 0.324. The summed E-state index contributed by atoms with van der Waals surface area (Å²) < 4.78 is 11.0. The first-order valence-electron chi connectivity index (χ1n) is 8.13. The summed E-state index contributed by atoms with van der Waals surface area (Å²) in [5.74, 6) is -7.71. The first-order chi connectivity index (χ1) is 12.3. The van der Waals surface area contributed by atoms with Crippen molar-refractivity contribution >= 4 is 23.1 Å². The maximum absolute atomic E-state index is 13.1. The molecular formula is C18H16O9. The van der Waals surface area contributed by atoms with Crippen molar-refractivity contribution in [3.05, 3.63) is 34.5 Å². The van der Waals surface area contributed by atoms with Crippen LogP contribution in [-0.2, 0) is 28.7 Å². The number of aliphatic hydroxyl groups is 3. The van der Waals surface area contributed by atoms with Crippen molar-refractivity contribution in [2.45, 2.75) is 44.7 Å². The maximum atomic E-state index is 13.1. The molecule has 0 bridgehead atoms. The van der Waals surface area contributed by atoms with Crippen LogP contribution >= 0.6 is 0 Å². The third kappa shape index (κ3) is 1.37. The van der Waals surface area contributed by atoms with Crippen LogP contribution in [0.15, 0.2) is 34.5 Å². The molecule has 142 valence electrons. The molecule has 2 aliphatic carbocycles. The lowest BCUT2D eigenvalue weighted by molar-refractivity contribution is -0.156. The summed E-state index contributed by atoms with van der Waals surface area (Å²) in [4.78, 5) is 49.9. The topological polar surface area (TPSA) is 151 Å². The van der Waals surface area contributed by atoms with E-state index in [9.17, 15) is 34.5 Å². The highest BCUT2D eigenvalue weighted by atomic mass is 16.8. The highest BCUT2D eigenvalue weighted by Gasteiger charge is 2.98. The molecule has 4 aliphatic rings. The van der Waals surface area contributed by atoms with Gasteiger partial charge in [0.2, 0.25) is 11.4 Å². The van der Waals surface area contributed by atoms with E-state index in [0.717, 1.165) is 19.9 Å². The maximum Gasteiger partial charge on any atom is 0.294 e. The molecule has 4 rings (SSSR count). The van der Waals surface area contributed by atoms with E-state index < -0.39 is 62.6 Å². The van der Waals surface area contributed by atoms with Crippen molar-refractivity contribution in [1.29, 1.82) is 0 Å². The van der Waals surface area contributed by atoms with Crippen molar-refractivity contribution in [3.8, 4) is 0 Å². The SMILES string of the molecule is CC(=O)C1=C(O)C=C2O[C@@]34O[C@]3(C(C)=O)C(=O)C(C)=C(O)[C@@]4(O)[C@]2(C)C1=O. The van der Waals surface area contributed by atoms with Gasteiger partial charge in [0.1, 0.15) is 28.3 Å². The van der Waals surface area contributed by atoms with Crippen molar-refractivity contribution in [2.75, 3.05) is 0 Å². The van der Waals surface area contributed by atoms with Gasteiger partial charge in [0.15, 0.2) is 17.3 Å². The lowest BCUT2D eigenvalue weighted by Crippen LogP contribution is -2.64. The van der Waals surface area contributed by atoms with Crippen LogP contribution in [0.1, 0.15) is 27.7 Å². The van der Waals surface area contributed by atoms with E-state index in [0.29, 0.717) is 0 Å². The molecule has 0 aromatic rings. The third-order valence-electron chi connectivity index (χ3n) is 6.08. The second-order valence-electron chi connectivity index (χ2n) is 7.35. The van der Waals surface area contributed by atoms with Crippen molar-refractivity contribution in [2.24, 2.45) is 5.41 Å². The average Bonchev–Trinajstić information content (AvgIpc) is 3.22. The smallest absolute Gasteiger partial charge is 0.294 e. The zero-order valence-corrected chi connectivity index (χ0v) is 14.9. The fourth-order valence-electron chi connectivity index (χ4n) is 4.50. The van der Waals surface area contributed by atoms with Crippen LogP contribution in [0.5, 0.6) is 0 Å². The molecule has 2 heterocycles. The molecule has 0 aromatic heterocycles. The Hall–Kier alpha value is -2.78. The number of ketones is 4.